The molecule has 0 aliphatic heterocycles. The molecule has 0 saturated heterocycles. The molecule has 0 unspecified atom stereocenters. The second-order valence-corrected chi connectivity index (χ2v) is 6.91. The van der Waals surface area contributed by atoms with Crippen LogP contribution in [0.15, 0.2) is 22.7 Å². The van der Waals surface area contributed by atoms with Gasteiger partial charge in [0.05, 0.1) is 10.2 Å². The maximum absolute atomic E-state index is 13.0. The minimum Gasteiger partial charge on any atom is -0.268 e. The van der Waals surface area contributed by atoms with Crippen molar-refractivity contribution in [3.8, 4) is 0 Å². The molecule has 1 saturated carbocycles. The molecule has 1 aliphatic rings. The van der Waals surface area contributed by atoms with E-state index in [0.717, 1.165) is 18.9 Å². The number of hydrogen-bond acceptors (Lipinski definition) is 3. The molecular formula is C11H11BrFNO3S. The number of rotatable bonds is 4. The largest absolute Gasteiger partial charge is 0.268 e. The summed E-state index contributed by atoms with van der Waals surface area (Å²) in [4.78, 5) is 11.7. The molecule has 0 aromatic heterocycles. The zero-order valence-electron chi connectivity index (χ0n) is 9.32. The predicted molar refractivity (Wildman–Crippen MR) is 68.1 cm³/mol. The molecule has 0 atom stereocenters. The summed E-state index contributed by atoms with van der Waals surface area (Å²) in [5, 5.41) is 0. The molecular weight excluding hydrogens is 325 g/mol. The first-order valence-corrected chi connectivity index (χ1v) is 7.82. The van der Waals surface area contributed by atoms with E-state index in [1.54, 1.807) is 0 Å². The van der Waals surface area contributed by atoms with Gasteiger partial charge in [0.25, 0.3) is 5.91 Å². The molecule has 4 nitrogen and oxygen atoms in total. The first-order valence-electron chi connectivity index (χ1n) is 5.37. The van der Waals surface area contributed by atoms with Crippen LogP contribution in [-0.4, -0.2) is 20.1 Å². The zero-order valence-corrected chi connectivity index (χ0v) is 11.7. The van der Waals surface area contributed by atoms with Crippen LogP contribution in [0.2, 0.25) is 0 Å². The lowest BCUT2D eigenvalue weighted by molar-refractivity contribution is 0.0981. The summed E-state index contributed by atoms with van der Waals surface area (Å²) < 4.78 is 38.3. The molecule has 1 fully saturated rings. The molecule has 18 heavy (non-hydrogen) atoms. The number of benzene rings is 1. The van der Waals surface area contributed by atoms with E-state index in [1.807, 2.05) is 4.72 Å². The first-order chi connectivity index (χ1) is 8.37. The van der Waals surface area contributed by atoms with Gasteiger partial charge in [0.2, 0.25) is 10.0 Å². The third-order valence-corrected chi connectivity index (χ3v) is 4.60. The molecule has 0 heterocycles. The second kappa shape index (κ2) is 4.97. The number of carbonyl (C=O) groups is 1. The monoisotopic (exact) mass is 335 g/mol. The summed E-state index contributed by atoms with van der Waals surface area (Å²) in [6, 6.07) is 3.59. The molecule has 2 rings (SSSR count). The van der Waals surface area contributed by atoms with Crippen molar-refractivity contribution in [2.75, 3.05) is 5.75 Å². The first kappa shape index (κ1) is 13.5. The van der Waals surface area contributed by atoms with Gasteiger partial charge in [-0.1, -0.05) is 0 Å². The highest BCUT2D eigenvalue weighted by Gasteiger charge is 2.29. The highest BCUT2D eigenvalue weighted by atomic mass is 79.9. The Balaban J connectivity index is 2.08. The van der Waals surface area contributed by atoms with Crippen molar-refractivity contribution in [3.63, 3.8) is 0 Å². The van der Waals surface area contributed by atoms with Crippen molar-refractivity contribution < 1.29 is 17.6 Å². The molecule has 0 radical (unpaired) electrons. The number of halogens is 2. The highest BCUT2D eigenvalue weighted by molar-refractivity contribution is 9.10. The lowest BCUT2D eigenvalue weighted by Crippen LogP contribution is -2.33. The Bertz CT molecular complexity index is 584. The summed E-state index contributed by atoms with van der Waals surface area (Å²) in [6.07, 6.45) is 1.77. The topological polar surface area (TPSA) is 63.2 Å². The molecule has 1 N–H and O–H groups in total. The molecule has 98 valence electrons. The van der Waals surface area contributed by atoms with Crippen LogP contribution >= 0.6 is 15.9 Å². The van der Waals surface area contributed by atoms with Gasteiger partial charge >= 0.3 is 0 Å². The Kier molecular flexibility index (Phi) is 3.72. The normalized spacial score (nSPS) is 15.4. The average molecular weight is 336 g/mol. The molecule has 1 aliphatic carbocycles. The molecule has 0 bridgehead atoms. The quantitative estimate of drug-likeness (QED) is 0.915. The minimum atomic E-state index is -3.60. The third-order valence-electron chi connectivity index (χ3n) is 2.58. The minimum absolute atomic E-state index is 0.0267. The fraction of sp³-hybridized carbons (Fsp3) is 0.364. The Labute approximate surface area is 113 Å². The van der Waals surface area contributed by atoms with E-state index in [9.17, 15) is 17.6 Å². The van der Waals surface area contributed by atoms with E-state index in [-0.39, 0.29) is 21.7 Å². The summed E-state index contributed by atoms with van der Waals surface area (Å²) in [5.41, 5.74) is 0.0997. The van der Waals surface area contributed by atoms with Gasteiger partial charge in [-0.2, -0.15) is 0 Å². The number of hydrogen-bond donors (Lipinski definition) is 1. The summed E-state index contributed by atoms with van der Waals surface area (Å²) in [5.74, 6) is -1.11. The number of amides is 1. The van der Waals surface area contributed by atoms with Crippen LogP contribution < -0.4 is 4.72 Å². The van der Waals surface area contributed by atoms with E-state index in [4.69, 9.17) is 0 Å². The maximum atomic E-state index is 13.0. The molecule has 7 heteroatoms. The molecule has 1 aromatic rings. The Morgan fingerprint density at radius 1 is 1.44 bits per heavy atom. The number of nitrogens with one attached hydrogen (secondary N) is 1. The summed E-state index contributed by atoms with van der Waals surface area (Å²) in [6.45, 7) is 0. The van der Waals surface area contributed by atoms with Crippen LogP contribution in [0.1, 0.15) is 23.2 Å². The Hall–Kier alpha value is -0.950. The van der Waals surface area contributed by atoms with Gasteiger partial charge in [0, 0.05) is 5.56 Å². The van der Waals surface area contributed by atoms with Crippen LogP contribution in [0.3, 0.4) is 0 Å². The Morgan fingerprint density at radius 2 is 2.11 bits per heavy atom. The van der Waals surface area contributed by atoms with Gasteiger partial charge in [0.15, 0.2) is 0 Å². The van der Waals surface area contributed by atoms with Crippen LogP contribution in [0.5, 0.6) is 0 Å². The van der Waals surface area contributed by atoms with E-state index in [2.05, 4.69) is 15.9 Å². The van der Waals surface area contributed by atoms with Gasteiger partial charge in [-0.3, -0.25) is 4.79 Å². The van der Waals surface area contributed by atoms with Crippen molar-refractivity contribution in [2.45, 2.75) is 12.8 Å². The van der Waals surface area contributed by atoms with Gasteiger partial charge in [0.1, 0.15) is 5.82 Å². The summed E-state index contributed by atoms with van der Waals surface area (Å²) >= 11 is 2.94. The van der Waals surface area contributed by atoms with Crippen molar-refractivity contribution in [1.82, 2.24) is 4.72 Å². The fourth-order valence-corrected chi connectivity index (χ4v) is 3.29. The standard InChI is InChI=1S/C11H11BrFNO3S/c12-9-5-8(3-4-10(9)13)11(15)14-18(16,17)6-7-1-2-7/h3-5,7H,1-2,6H2,(H,14,15). The predicted octanol–water partition coefficient (Wildman–Crippen LogP) is 2.06. The van der Waals surface area contributed by atoms with Gasteiger partial charge in [-0.05, 0) is 52.9 Å². The van der Waals surface area contributed by atoms with E-state index >= 15 is 0 Å². The van der Waals surface area contributed by atoms with Gasteiger partial charge in [-0.25, -0.2) is 17.5 Å². The average Bonchev–Trinajstić information content (AvgIpc) is 3.04. The second-order valence-electron chi connectivity index (χ2n) is 4.28. The van der Waals surface area contributed by atoms with Gasteiger partial charge < -0.3 is 0 Å². The lowest BCUT2D eigenvalue weighted by atomic mass is 10.2. The van der Waals surface area contributed by atoms with E-state index in [1.165, 1.54) is 12.1 Å². The summed E-state index contributed by atoms with van der Waals surface area (Å²) in [7, 11) is -3.60. The maximum Gasteiger partial charge on any atom is 0.264 e. The van der Waals surface area contributed by atoms with Crippen molar-refractivity contribution in [3.05, 3.63) is 34.1 Å². The van der Waals surface area contributed by atoms with Crippen LogP contribution in [-0.2, 0) is 10.0 Å². The van der Waals surface area contributed by atoms with Gasteiger partial charge in [-0.15, -0.1) is 0 Å². The SMILES string of the molecule is O=C(NS(=O)(=O)CC1CC1)c1ccc(F)c(Br)c1. The number of sulfonamides is 1. The number of carbonyl (C=O) groups excluding carboxylic acids is 1. The molecule has 1 amide bonds. The lowest BCUT2D eigenvalue weighted by Gasteiger charge is -2.06. The van der Waals surface area contributed by atoms with Crippen LogP contribution in [0.25, 0.3) is 0 Å². The van der Waals surface area contributed by atoms with Crippen molar-refractivity contribution in [1.29, 1.82) is 0 Å². The third kappa shape index (κ3) is 3.52. The molecule has 0 spiro atoms. The molecule has 1 aromatic carbocycles. The van der Waals surface area contributed by atoms with Crippen molar-refractivity contribution in [2.24, 2.45) is 5.92 Å². The fourth-order valence-electron chi connectivity index (χ4n) is 1.47. The van der Waals surface area contributed by atoms with E-state index < -0.39 is 21.7 Å². The van der Waals surface area contributed by atoms with Crippen LogP contribution in [0, 0.1) is 11.7 Å². The van der Waals surface area contributed by atoms with Crippen LogP contribution in [0.4, 0.5) is 4.39 Å². The Morgan fingerprint density at radius 3 is 2.67 bits per heavy atom. The van der Waals surface area contributed by atoms with Crippen molar-refractivity contribution >= 4 is 31.9 Å². The smallest absolute Gasteiger partial charge is 0.264 e. The highest BCUT2D eigenvalue weighted by Crippen LogP contribution is 2.30. The zero-order chi connectivity index (χ0) is 13.3. The van der Waals surface area contributed by atoms with E-state index in [0.29, 0.717) is 0 Å².